The molecule has 1 aromatic carbocycles. The fraction of sp³-hybridized carbons (Fsp3) is 0.417. The molecule has 0 bridgehead atoms. The van der Waals surface area contributed by atoms with Gasteiger partial charge in [-0.2, -0.15) is 0 Å². The third kappa shape index (κ3) is 7.38. The number of aromatic amines is 1. The smallest absolute Gasteiger partial charge is 0.106 e. The molecule has 0 unspecified atom stereocenters. The Balaban J connectivity index is 0.000000596. The van der Waals surface area contributed by atoms with Crippen molar-refractivity contribution in [2.24, 2.45) is 0 Å². The highest BCUT2D eigenvalue weighted by Crippen LogP contribution is 2.19. The Morgan fingerprint density at radius 3 is 2.07 bits per heavy atom. The Bertz CT molecular complexity index is 743. The number of hydrogen-bond donors (Lipinski definition) is 1. The van der Waals surface area contributed by atoms with E-state index in [-0.39, 0.29) is 0 Å². The maximum atomic E-state index is 4.49. The monoisotopic (exact) mass is 363 g/mol. The highest BCUT2D eigenvalue weighted by molar-refractivity contribution is 5.62. The molecule has 0 saturated carbocycles. The van der Waals surface area contributed by atoms with Gasteiger partial charge in [0.2, 0.25) is 0 Å². The molecule has 27 heavy (non-hydrogen) atoms. The summed E-state index contributed by atoms with van der Waals surface area (Å²) in [4.78, 5) is 12.0. The molecule has 0 atom stereocenters. The van der Waals surface area contributed by atoms with Crippen LogP contribution in [0.2, 0.25) is 0 Å². The molecule has 0 aliphatic rings. The fourth-order valence-corrected chi connectivity index (χ4v) is 2.74. The van der Waals surface area contributed by atoms with Crippen LogP contribution in [0.4, 0.5) is 0 Å². The van der Waals surface area contributed by atoms with Crippen molar-refractivity contribution in [1.82, 2.24) is 15.0 Å². The molecule has 0 aliphatic carbocycles. The topological polar surface area (TPSA) is 41.6 Å². The van der Waals surface area contributed by atoms with Crippen molar-refractivity contribution in [1.29, 1.82) is 0 Å². The lowest BCUT2D eigenvalue weighted by molar-refractivity contribution is 0.698. The number of pyridine rings is 1. The first-order chi connectivity index (χ1) is 13.3. The number of benzene rings is 1. The number of nitrogens with one attached hydrogen (secondary N) is 1. The molecule has 0 spiro atoms. The number of imidazole rings is 1. The summed E-state index contributed by atoms with van der Waals surface area (Å²) in [7, 11) is 0. The van der Waals surface area contributed by atoms with Crippen LogP contribution in [0.5, 0.6) is 0 Å². The molecule has 2 heterocycles. The second-order valence-corrected chi connectivity index (χ2v) is 6.92. The predicted octanol–water partition coefficient (Wildman–Crippen LogP) is 6.60. The molecule has 3 nitrogen and oxygen atoms in total. The van der Waals surface area contributed by atoms with Crippen LogP contribution in [0.1, 0.15) is 70.0 Å². The molecule has 0 saturated heterocycles. The Morgan fingerprint density at radius 1 is 0.778 bits per heavy atom. The van der Waals surface area contributed by atoms with Gasteiger partial charge in [0, 0.05) is 37.1 Å². The summed E-state index contributed by atoms with van der Waals surface area (Å²) in [6.07, 6.45) is 13.9. The van der Waals surface area contributed by atoms with Gasteiger partial charge in [-0.1, -0.05) is 70.7 Å². The van der Waals surface area contributed by atoms with Gasteiger partial charge in [0.05, 0.1) is 0 Å². The van der Waals surface area contributed by atoms with E-state index in [4.69, 9.17) is 0 Å². The van der Waals surface area contributed by atoms with Crippen molar-refractivity contribution in [2.45, 2.75) is 65.7 Å². The van der Waals surface area contributed by atoms with Crippen LogP contribution in [0.15, 0.2) is 55.0 Å². The highest BCUT2D eigenvalue weighted by Gasteiger charge is 2.03. The molecule has 0 radical (unpaired) electrons. The lowest BCUT2D eigenvalue weighted by Gasteiger charge is -2.03. The normalized spacial score (nSPS) is 10.3. The van der Waals surface area contributed by atoms with E-state index < -0.39 is 0 Å². The van der Waals surface area contributed by atoms with E-state index in [0.29, 0.717) is 0 Å². The summed E-state index contributed by atoms with van der Waals surface area (Å²) in [5.41, 5.74) is 4.91. The Hall–Kier alpha value is -2.42. The Morgan fingerprint density at radius 2 is 1.44 bits per heavy atom. The predicted molar refractivity (Wildman–Crippen MR) is 115 cm³/mol. The van der Waals surface area contributed by atoms with Crippen molar-refractivity contribution in [3.63, 3.8) is 0 Å². The van der Waals surface area contributed by atoms with Crippen LogP contribution in [0.3, 0.4) is 0 Å². The van der Waals surface area contributed by atoms with Gasteiger partial charge in [0.25, 0.3) is 0 Å². The number of aromatic nitrogens is 3. The van der Waals surface area contributed by atoms with Gasteiger partial charge in [0.1, 0.15) is 5.82 Å². The summed E-state index contributed by atoms with van der Waals surface area (Å²) in [5, 5.41) is 0. The van der Waals surface area contributed by atoms with Gasteiger partial charge in [0.15, 0.2) is 0 Å². The van der Waals surface area contributed by atoms with E-state index in [1.54, 1.807) is 0 Å². The molecule has 1 N–H and O–H groups in total. The maximum Gasteiger partial charge on any atom is 0.106 e. The molecule has 3 rings (SSSR count). The van der Waals surface area contributed by atoms with Gasteiger partial charge < -0.3 is 4.98 Å². The van der Waals surface area contributed by atoms with E-state index in [2.05, 4.69) is 60.0 Å². The van der Waals surface area contributed by atoms with Crippen LogP contribution in [-0.4, -0.2) is 15.0 Å². The first-order valence-electron chi connectivity index (χ1n) is 10.3. The molecule has 3 heteroatoms. The third-order valence-corrected chi connectivity index (χ3v) is 4.56. The van der Waals surface area contributed by atoms with Crippen LogP contribution < -0.4 is 0 Å². The minimum atomic E-state index is 0.900. The van der Waals surface area contributed by atoms with Gasteiger partial charge in [-0.05, 0) is 35.2 Å². The van der Waals surface area contributed by atoms with E-state index in [9.17, 15) is 0 Å². The molecule has 144 valence electrons. The number of hydrogen-bond acceptors (Lipinski definition) is 2. The minimum absolute atomic E-state index is 0.900. The van der Waals surface area contributed by atoms with Crippen LogP contribution in [0.25, 0.3) is 11.1 Å². The molecule has 2 aromatic heterocycles. The summed E-state index contributed by atoms with van der Waals surface area (Å²) in [6, 6.07) is 12.8. The fourth-order valence-electron chi connectivity index (χ4n) is 2.74. The third-order valence-electron chi connectivity index (χ3n) is 4.56. The minimum Gasteiger partial charge on any atom is -0.346 e. The van der Waals surface area contributed by atoms with Crippen molar-refractivity contribution >= 4 is 0 Å². The number of aryl methyl sites for hydroxylation is 1. The quantitative estimate of drug-likeness (QED) is 0.458. The zero-order chi connectivity index (χ0) is 19.3. The lowest BCUT2D eigenvalue weighted by Crippen LogP contribution is -1.91. The molecular weight excluding hydrogens is 330 g/mol. The molecule has 0 aliphatic heterocycles. The number of H-pyrrole nitrogens is 1. The van der Waals surface area contributed by atoms with Gasteiger partial charge in [-0.3, -0.25) is 4.98 Å². The largest absolute Gasteiger partial charge is 0.346 e. The first-order valence-corrected chi connectivity index (χ1v) is 10.3. The molecular formula is C24H33N3. The second-order valence-electron chi connectivity index (χ2n) is 6.92. The Labute approximate surface area is 164 Å². The number of nitrogens with zero attached hydrogens (tertiary/aromatic N) is 2. The first kappa shape index (κ1) is 20.9. The van der Waals surface area contributed by atoms with E-state index in [1.807, 2.05) is 30.7 Å². The number of unbranched alkanes of at least 4 members (excludes halogenated alkanes) is 3. The summed E-state index contributed by atoms with van der Waals surface area (Å²) >= 11 is 0. The van der Waals surface area contributed by atoms with E-state index in [0.717, 1.165) is 18.7 Å². The standard InChI is InChI=1S/C20H23N3.C4H10/c1-2-3-4-5-20-22-15-19(23-20)14-16-6-8-17(9-7-16)18-10-12-21-13-11-18;1-3-4-2/h6-13,15H,2-5,14H2,1H3,(H,22,23);3-4H2,1-2H3. The Kier molecular flexibility index (Phi) is 9.33. The summed E-state index contributed by atoms with van der Waals surface area (Å²) in [5.74, 6) is 1.11. The van der Waals surface area contributed by atoms with Gasteiger partial charge in [-0.15, -0.1) is 0 Å². The van der Waals surface area contributed by atoms with E-state index >= 15 is 0 Å². The number of rotatable bonds is 8. The van der Waals surface area contributed by atoms with Gasteiger partial charge in [-0.25, -0.2) is 4.98 Å². The van der Waals surface area contributed by atoms with Crippen molar-refractivity contribution in [3.05, 3.63) is 72.1 Å². The van der Waals surface area contributed by atoms with Crippen molar-refractivity contribution < 1.29 is 0 Å². The van der Waals surface area contributed by atoms with Crippen LogP contribution in [-0.2, 0) is 12.8 Å². The molecule has 0 amide bonds. The maximum absolute atomic E-state index is 4.49. The molecule has 3 aromatic rings. The van der Waals surface area contributed by atoms with Crippen molar-refractivity contribution in [2.75, 3.05) is 0 Å². The van der Waals surface area contributed by atoms with Crippen LogP contribution in [0, 0.1) is 0 Å². The zero-order valence-electron chi connectivity index (χ0n) is 17.0. The van der Waals surface area contributed by atoms with Crippen molar-refractivity contribution in [3.8, 4) is 11.1 Å². The average Bonchev–Trinajstić information content (AvgIpc) is 3.17. The zero-order valence-corrected chi connectivity index (χ0v) is 17.0. The van der Waals surface area contributed by atoms with Crippen LogP contribution >= 0.6 is 0 Å². The highest BCUT2D eigenvalue weighted by atomic mass is 14.9. The summed E-state index contributed by atoms with van der Waals surface area (Å²) in [6.45, 7) is 6.59. The van der Waals surface area contributed by atoms with Gasteiger partial charge >= 0.3 is 0 Å². The average molecular weight is 364 g/mol. The summed E-state index contributed by atoms with van der Waals surface area (Å²) < 4.78 is 0. The van der Waals surface area contributed by atoms with E-state index in [1.165, 1.54) is 54.5 Å². The molecule has 0 fully saturated rings. The lowest BCUT2D eigenvalue weighted by atomic mass is 10.0. The second kappa shape index (κ2) is 12.1. The SMILES string of the molecule is CCCC.CCCCCc1ncc(Cc2ccc(-c3ccncc3)cc2)[nH]1.